The van der Waals surface area contributed by atoms with E-state index < -0.39 is 18.7 Å². The minimum absolute atomic E-state index is 0.525. The fourth-order valence-corrected chi connectivity index (χ4v) is 2.17. The maximum absolute atomic E-state index is 9.94. The molecule has 1 fully saturated rings. The van der Waals surface area contributed by atoms with Crippen LogP contribution in [-0.4, -0.2) is 68.7 Å². The lowest BCUT2D eigenvalue weighted by atomic mass is 10.3. The van der Waals surface area contributed by atoms with Gasteiger partial charge in [0.05, 0.1) is 20.0 Å². The molecule has 1 aliphatic rings. The van der Waals surface area contributed by atoms with Gasteiger partial charge in [-0.15, -0.1) is 0 Å². The standard InChI is InChI=1S/C12H27N3O3/c1-4-10(16)13-7-14(11(17)5-2)9-15(8-13)12(18)6-3/h10-12,16-18H,4-9H2,1-3H3. The third-order valence-corrected chi connectivity index (χ3v) is 3.45. The predicted molar refractivity (Wildman–Crippen MR) is 69.0 cm³/mol. The van der Waals surface area contributed by atoms with E-state index in [1.807, 2.05) is 35.5 Å². The summed E-state index contributed by atoms with van der Waals surface area (Å²) in [7, 11) is 0. The zero-order valence-electron chi connectivity index (χ0n) is 11.7. The quantitative estimate of drug-likeness (QED) is 0.623. The average Bonchev–Trinajstić information content (AvgIpc) is 2.43. The van der Waals surface area contributed by atoms with Crippen molar-refractivity contribution in [1.82, 2.24) is 14.7 Å². The lowest BCUT2D eigenvalue weighted by Gasteiger charge is -2.46. The Labute approximate surface area is 109 Å². The van der Waals surface area contributed by atoms with Gasteiger partial charge in [0, 0.05) is 0 Å². The summed E-state index contributed by atoms with van der Waals surface area (Å²) in [5.41, 5.74) is 0. The van der Waals surface area contributed by atoms with Crippen molar-refractivity contribution in [2.75, 3.05) is 20.0 Å². The third-order valence-electron chi connectivity index (χ3n) is 3.45. The van der Waals surface area contributed by atoms with Crippen molar-refractivity contribution in [1.29, 1.82) is 0 Å². The van der Waals surface area contributed by atoms with Crippen LogP contribution in [0.25, 0.3) is 0 Å². The SMILES string of the molecule is CCC(O)N1CN(C(O)CC)CN(C(O)CC)C1. The van der Waals surface area contributed by atoms with Crippen molar-refractivity contribution in [2.24, 2.45) is 0 Å². The molecule has 0 aromatic carbocycles. The Balaban J connectivity index is 2.71. The average molecular weight is 261 g/mol. The van der Waals surface area contributed by atoms with Crippen molar-refractivity contribution in [3.63, 3.8) is 0 Å². The highest BCUT2D eigenvalue weighted by Gasteiger charge is 2.31. The van der Waals surface area contributed by atoms with Gasteiger partial charge in [-0.3, -0.25) is 14.7 Å². The molecule has 0 bridgehead atoms. The van der Waals surface area contributed by atoms with Crippen LogP contribution in [0.3, 0.4) is 0 Å². The van der Waals surface area contributed by atoms with Crippen LogP contribution in [0.4, 0.5) is 0 Å². The molecule has 0 radical (unpaired) electrons. The first-order valence-electron chi connectivity index (χ1n) is 6.79. The Morgan fingerprint density at radius 2 is 0.889 bits per heavy atom. The van der Waals surface area contributed by atoms with Crippen molar-refractivity contribution in [3.8, 4) is 0 Å². The van der Waals surface area contributed by atoms with E-state index in [4.69, 9.17) is 0 Å². The summed E-state index contributed by atoms with van der Waals surface area (Å²) in [6, 6.07) is 0. The Hall–Kier alpha value is -0.240. The lowest BCUT2D eigenvalue weighted by Crippen LogP contribution is -2.61. The normalized spacial score (nSPS) is 25.0. The van der Waals surface area contributed by atoms with Gasteiger partial charge in [-0.05, 0) is 19.3 Å². The molecule has 0 aromatic rings. The summed E-state index contributed by atoms with van der Waals surface area (Å²) in [6.07, 6.45) is 0.278. The summed E-state index contributed by atoms with van der Waals surface area (Å²) < 4.78 is 0. The van der Waals surface area contributed by atoms with Crippen LogP contribution < -0.4 is 0 Å². The molecule has 3 atom stereocenters. The van der Waals surface area contributed by atoms with Crippen LogP contribution in [0.1, 0.15) is 40.0 Å². The molecule has 3 N–H and O–H groups in total. The second-order valence-corrected chi connectivity index (χ2v) is 4.86. The van der Waals surface area contributed by atoms with E-state index in [0.29, 0.717) is 39.3 Å². The fraction of sp³-hybridized carbons (Fsp3) is 1.00. The minimum atomic E-state index is -0.539. The molecule has 1 heterocycles. The summed E-state index contributed by atoms with van der Waals surface area (Å²) in [6.45, 7) is 7.33. The van der Waals surface area contributed by atoms with E-state index in [9.17, 15) is 15.3 Å². The molecule has 3 unspecified atom stereocenters. The Bertz CT molecular complexity index is 199. The van der Waals surface area contributed by atoms with Crippen molar-refractivity contribution < 1.29 is 15.3 Å². The number of aliphatic hydroxyl groups excluding tert-OH is 3. The van der Waals surface area contributed by atoms with E-state index >= 15 is 0 Å². The van der Waals surface area contributed by atoms with Crippen LogP contribution in [-0.2, 0) is 0 Å². The molecule has 6 nitrogen and oxygen atoms in total. The molecule has 1 rings (SSSR count). The Morgan fingerprint density at radius 1 is 0.667 bits per heavy atom. The maximum Gasteiger partial charge on any atom is 0.109 e. The second kappa shape index (κ2) is 7.37. The number of rotatable bonds is 6. The molecule has 18 heavy (non-hydrogen) atoms. The van der Waals surface area contributed by atoms with Gasteiger partial charge in [-0.25, -0.2) is 0 Å². The Morgan fingerprint density at radius 3 is 1.06 bits per heavy atom. The van der Waals surface area contributed by atoms with Gasteiger partial charge in [0.15, 0.2) is 0 Å². The highest BCUT2D eigenvalue weighted by molar-refractivity contribution is 4.73. The van der Waals surface area contributed by atoms with Gasteiger partial charge >= 0.3 is 0 Å². The monoisotopic (exact) mass is 261 g/mol. The molecule has 0 aromatic heterocycles. The summed E-state index contributed by atoms with van der Waals surface area (Å²) in [5.74, 6) is 0. The first kappa shape index (κ1) is 15.8. The summed E-state index contributed by atoms with van der Waals surface area (Å²) in [4.78, 5) is 5.59. The molecule has 1 saturated heterocycles. The molecule has 1 aliphatic heterocycles. The topological polar surface area (TPSA) is 70.4 Å². The second-order valence-electron chi connectivity index (χ2n) is 4.86. The van der Waals surface area contributed by atoms with Gasteiger partial charge in [0.2, 0.25) is 0 Å². The van der Waals surface area contributed by atoms with Crippen LogP contribution in [0.15, 0.2) is 0 Å². The van der Waals surface area contributed by atoms with E-state index in [2.05, 4.69) is 0 Å². The van der Waals surface area contributed by atoms with Crippen LogP contribution >= 0.6 is 0 Å². The molecular weight excluding hydrogens is 234 g/mol. The molecular formula is C12H27N3O3. The number of hydrogen-bond donors (Lipinski definition) is 3. The number of hydrogen-bond acceptors (Lipinski definition) is 6. The molecule has 108 valence electrons. The van der Waals surface area contributed by atoms with Gasteiger partial charge in [-0.2, -0.15) is 0 Å². The number of aliphatic hydroxyl groups is 3. The highest BCUT2D eigenvalue weighted by atomic mass is 16.3. The van der Waals surface area contributed by atoms with E-state index in [1.165, 1.54) is 0 Å². The largest absolute Gasteiger partial charge is 0.378 e. The molecule has 0 spiro atoms. The summed E-state index contributed by atoms with van der Waals surface area (Å²) >= 11 is 0. The molecule has 6 heteroatoms. The van der Waals surface area contributed by atoms with Gasteiger partial charge in [0.25, 0.3) is 0 Å². The van der Waals surface area contributed by atoms with Crippen LogP contribution in [0.5, 0.6) is 0 Å². The van der Waals surface area contributed by atoms with E-state index in [-0.39, 0.29) is 0 Å². The first-order valence-corrected chi connectivity index (χ1v) is 6.79. The van der Waals surface area contributed by atoms with Gasteiger partial charge in [-0.1, -0.05) is 20.8 Å². The maximum atomic E-state index is 9.94. The number of nitrogens with zero attached hydrogens (tertiary/aromatic N) is 3. The lowest BCUT2D eigenvalue weighted by molar-refractivity contribution is -0.186. The molecule has 0 aliphatic carbocycles. The smallest absolute Gasteiger partial charge is 0.109 e. The van der Waals surface area contributed by atoms with E-state index in [0.717, 1.165) is 0 Å². The zero-order valence-corrected chi connectivity index (χ0v) is 11.7. The Kier molecular flexibility index (Phi) is 6.48. The van der Waals surface area contributed by atoms with Gasteiger partial charge < -0.3 is 15.3 Å². The zero-order chi connectivity index (χ0) is 13.7. The van der Waals surface area contributed by atoms with Crippen LogP contribution in [0.2, 0.25) is 0 Å². The fourth-order valence-electron chi connectivity index (χ4n) is 2.17. The van der Waals surface area contributed by atoms with Crippen molar-refractivity contribution in [3.05, 3.63) is 0 Å². The molecule has 0 saturated carbocycles. The van der Waals surface area contributed by atoms with Crippen molar-refractivity contribution >= 4 is 0 Å². The summed E-state index contributed by atoms with van der Waals surface area (Å²) in [5, 5.41) is 29.8. The first-order chi connectivity index (χ1) is 8.53. The van der Waals surface area contributed by atoms with E-state index in [1.54, 1.807) is 0 Å². The highest BCUT2D eigenvalue weighted by Crippen LogP contribution is 2.17. The predicted octanol–water partition coefficient (Wildman–Crippen LogP) is -0.0363. The minimum Gasteiger partial charge on any atom is -0.378 e. The third kappa shape index (κ3) is 3.88. The molecule has 0 amide bonds. The van der Waals surface area contributed by atoms with Crippen molar-refractivity contribution in [2.45, 2.75) is 58.7 Å². The van der Waals surface area contributed by atoms with Gasteiger partial charge in [0.1, 0.15) is 18.7 Å². The van der Waals surface area contributed by atoms with Crippen LogP contribution in [0, 0.1) is 0 Å².